The van der Waals surface area contributed by atoms with Crippen LogP contribution in [0.2, 0.25) is 0 Å². The number of aryl methyl sites for hydroxylation is 2. The van der Waals surface area contributed by atoms with E-state index >= 15 is 0 Å². The molecule has 0 aliphatic carbocycles. The number of hydrogen-bond donors (Lipinski definition) is 2. The van der Waals surface area contributed by atoms with Crippen LogP contribution in [0.3, 0.4) is 0 Å². The Hall–Kier alpha value is -3.03. The summed E-state index contributed by atoms with van der Waals surface area (Å²) >= 11 is 0. The van der Waals surface area contributed by atoms with Gasteiger partial charge in [-0.3, -0.25) is 14.5 Å². The van der Waals surface area contributed by atoms with Gasteiger partial charge in [-0.25, -0.2) is 0 Å². The molecule has 0 saturated carbocycles. The molecule has 0 bridgehead atoms. The summed E-state index contributed by atoms with van der Waals surface area (Å²) in [5.41, 5.74) is 4.56. The minimum Gasteiger partial charge on any atom is -0.484 e. The second-order valence-electron chi connectivity index (χ2n) is 7.67. The minimum atomic E-state index is -0.0730. The number of benzene rings is 1. The molecule has 164 valence electrons. The van der Waals surface area contributed by atoms with Gasteiger partial charge in [0.1, 0.15) is 5.75 Å². The standard InChI is InChI=1S/C22H34N6O2/c1-15(11-20-16(2)26-28(7)17(20)3)25-22(23-4)24-13-18-9-8-10-19(12-18)30-14-21(29)27(5)6/h8-10,12,15H,11,13-14H2,1-7H3,(H2,23,24,25). The number of nitrogens with zero attached hydrogens (tertiary/aromatic N) is 4. The molecule has 0 saturated heterocycles. The number of aliphatic imine (C=N–C) groups is 1. The van der Waals surface area contributed by atoms with Gasteiger partial charge in [-0.15, -0.1) is 0 Å². The van der Waals surface area contributed by atoms with Crippen molar-refractivity contribution in [2.45, 2.75) is 39.8 Å². The van der Waals surface area contributed by atoms with E-state index in [9.17, 15) is 4.79 Å². The van der Waals surface area contributed by atoms with Crippen LogP contribution in [0.4, 0.5) is 0 Å². The molecular formula is C22H34N6O2. The van der Waals surface area contributed by atoms with Crippen molar-refractivity contribution in [3.05, 3.63) is 46.8 Å². The predicted octanol–water partition coefficient (Wildman–Crippen LogP) is 1.80. The Labute approximate surface area is 179 Å². The first kappa shape index (κ1) is 23.3. The maximum Gasteiger partial charge on any atom is 0.259 e. The van der Waals surface area contributed by atoms with E-state index in [0.717, 1.165) is 23.6 Å². The summed E-state index contributed by atoms with van der Waals surface area (Å²) in [5.74, 6) is 1.33. The Morgan fingerprint density at radius 1 is 1.33 bits per heavy atom. The molecule has 1 aromatic carbocycles. The van der Waals surface area contributed by atoms with Gasteiger partial charge in [0, 0.05) is 46.5 Å². The average molecular weight is 415 g/mol. The van der Waals surface area contributed by atoms with Gasteiger partial charge in [0.05, 0.1) is 5.69 Å². The summed E-state index contributed by atoms with van der Waals surface area (Å²) < 4.78 is 7.51. The zero-order valence-corrected chi connectivity index (χ0v) is 19.1. The van der Waals surface area contributed by atoms with Crippen LogP contribution in [0.25, 0.3) is 0 Å². The summed E-state index contributed by atoms with van der Waals surface area (Å²) in [4.78, 5) is 17.5. The molecule has 2 N–H and O–H groups in total. The highest BCUT2D eigenvalue weighted by atomic mass is 16.5. The molecule has 2 aromatic rings. The molecule has 1 unspecified atom stereocenters. The monoisotopic (exact) mass is 414 g/mol. The van der Waals surface area contributed by atoms with Crippen LogP contribution in [0.5, 0.6) is 5.75 Å². The first-order valence-electron chi connectivity index (χ1n) is 10.1. The molecule has 1 atom stereocenters. The average Bonchev–Trinajstić information content (AvgIpc) is 2.95. The number of rotatable bonds is 8. The molecule has 0 fully saturated rings. The van der Waals surface area contributed by atoms with Crippen molar-refractivity contribution < 1.29 is 9.53 Å². The second-order valence-corrected chi connectivity index (χ2v) is 7.67. The molecule has 1 heterocycles. The van der Waals surface area contributed by atoms with E-state index in [1.54, 1.807) is 21.1 Å². The van der Waals surface area contributed by atoms with Crippen LogP contribution in [-0.2, 0) is 24.8 Å². The van der Waals surface area contributed by atoms with Crippen LogP contribution in [0, 0.1) is 13.8 Å². The normalized spacial score (nSPS) is 12.4. The smallest absolute Gasteiger partial charge is 0.259 e. The second kappa shape index (κ2) is 10.7. The quantitative estimate of drug-likeness (QED) is 0.508. The van der Waals surface area contributed by atoms with Gasteiger partial charge < -0.3 is 20.3 Å². The van der Waals surface area contributed by atoms with Crippen LogP contribution < -0.4 is 15.4 Å². The molecule has 8 nitrogen and oxygen atoms in total. The summed E-state index contributed by atoms with van der Waals surface area (Å²) in [5, 5.41) is 11.3. The van der Waals surface area contributed by atoms with Crippen molar-refractivity contribution in [3.63, 3.8) is 0 Å². The molecule has 2 rings (SSSR count). The summed E-state index contributed by atoms with van der Waals surface area (Å²) in [7, 11) is 7.15. The van der Waals surface area contributed by atoms with Gasteiger partial charge in [0.2, 0.25) is 0 Å². The molecule has 0 spiro atoms. The fourth-order valence-electron chi connectivity index (χ4n) is 3.10. The van der Waals surface area contributed by atoms with Crippen LogP contribution in [0.15, 0.2) is 29.3 Å². The predicted molar refractivity (Wildman–Crippen MR) is 120 cm³/mol. The highest BCUT2D eigenvalue weighted by molar-refractivity contribution is 5.80. The lowest BCUT2D eigenvalue weighted by atomic mass is 10.1. The Morgan fingerprint density at radius 3 is 2.67 bits per heavy atom. The summed E-state index contributed by atoms with van der Waals surface area (Å²) in [6.07, 6.45) is 0.870. The number of nitrogens with one attached hydrogen (secondary N) is 2. The maximum absolute atomic E-state index is 11.7. The van der Waals surface area contributed by atoms with Gasteiger partial charge >= 0.3 is 0 Å². The lowest BCUT2D eigenvalue weighted by Crippen LogP contribution is -2.42. The van der Waals surface area contributed by atoms with Crippen molar-refractivity contribution in [3.8, 4) is 5.75 Å². The van der Waals surface area contributed by atoms with Crippen molar-refractivity contribution >= 4 is 11.9 Å². The van der Waals surface area contributed by atoms with Gasteiger partial charge in [-0.05, 0) is 50.5 Å². The minimum absolute atomic E-state index is 0.0256. The Morgan fingerprint density at radius 2 is 2.07 bits per heavy atom. The first-order chi connectivity index (χ1) is 14.2. The number of aromatic nitrogens is 2. The van der Waals surface area contributed by atoms with Gasteiger partial charge in [-0.1, -0.05) is 12.1 Å². The topological polar surface area (TPSA) is 83.8 Å². The number of carbonyl (C=O) groups is 1. The molecular weight excluding hydrogens is 380 g/mol. The molecule has 1 aromatic heterocycles. The van der Waals surface area contributed by atoms with E-state index in [4.69, 9.17) is 4.74 Å². The van der Waals surface area contributed by atoms with Crippen molar-refractivity contribution in [2.75, 3.05) is 27.7 Å². The fraction of sp³-hybridized carbons (Fsp3) is 0.500. The van der Waals surface area contributed by atoms with E-state index in [1.165, 1.54) is 16.2 Å². The van der Waals surface area contributed by atoms with Crippen molar-refractivity contribution in [1.82, 2.24) is 25.3 Å². The molecule has 30 heavy (non-hydrogen) atoms. The fourth-order valence-corrected chi connectivity index (χ4v) is 3.10. The van der Waals surface area contributed by atoms with E-state index in [1.807, 2.05) is 42.9 Å². The molecule has 0 radical (unpaired) electrons. The summed E-state index contributed by atoms with van der Waals surface area (Å²) in [6.45, 7) is 6.89. The largest absolute Gasteiger partial charge is 0.484 e. The lowest BCUT2D eigenvalue weighted by molar-refractivity contribution is -0.130. The number of ether oxygens (including phenoxy) is 1. The number of carbonyl (C=O) groups excluding carboxylic acids is 1. The Bertz CT molecular complexity index is 888. The van der Waals surface area contributed by atoms with Crippen LogP contribution >= 0.6 is 0 Å². The van der Waals surface area contributed by atoms with Gasteiger partial charge in [0.25, 0.3) is 5.91 Å². The number of hydrogen-bond acceptors (Lipinski definition) is 4. The SMILES string of the molecule is CN=C(NCc1cccc(OCC(=O)N(C)C)c1)NC(C)Cc1c(C)nn(C)c1C. The van der Waals surface area contributed by atoms with E-state index in [2.05, 4.69) is 34.6 Å². The number of likely N-dealkylation sites (N-methyl/N-ethyl adjacent to an activating group) is 1. The number of amides is 1. The third kappa shape index (κ3) is 6.50. The molecule has 1 amide bonds. The molecule has 0 aliphatic heterocycles. The van der Waals surface area contributed by atoms with Crippen LogP contribution in [0.1, 0.15) is 29.4 Å². The highest BCUT2D eigenvalue weighted by Crippen LogP contribution is 2.15. The van der Waals surface area contributed by atoms with E-state index in [-0.39, 0.29) is 18.6 Å². The maximum atomic E-state index is 11.7. The van der Waals surface area contributed by atoms with E-state index < -0.39 is 0 Å². The number of guanidine groups is 1. The zero-order valence-electron chi connectivity index (χ0n) is 19.1. The lowest BCUT2D eigenvalue weighted by Gasteiger charge is -2.18. The Kier molecular flexibility index (Phi) is 8.26. The zero-order chi connectivity index (χ0) is 22.3. The van der Waals surface area contributed by atoms with Gasteiger partial charge in [0.15, 0.2) is 12.6 Å². The molecule has 0 aliphatic rings. The van der Waals surface area contributed by atoms with Crippen molar-refractivity contribution in [2.24, 2.45) is 12.0 Å². The Balaban J connectivity index is 1.89. The van der Waals surface area contributed by atoms with Crippen LogP contribution in [-0.4, -0.2) is 60.3 Å². The van der Waals surface area contributed by atoms with Gasteiger partial charge in [-0.2, -0.15) is 5.10 Å². The summed E-state index contributed by atoms with van der Waals surface area (Å²) in [6, 6.07) is 7.89. The highest BCUT2D eigenvalue weighted by Gasteiger charge is 2.14. The molecule has 8 heteroatoms. The third-order valence-corrected chi connectivity index (χ3v) is 5.00. The third-order valence-electron chi connectivity index (χ3n) is 5.00. The van der Waals surface area contributed by atoms with E-state index in [0.29, 0.717) is 12.3 Å². The first-order valence-corrected chi connectivity index (χ1v) is 10.1. The van der Waals surface area contributed by atoms with Crippen molar-refractivity contribution in [1.29, 1.82) is 0 Å².